The van der Waals surface area contributed by atoms with Gasteiger partial charge in [-0.15, -0.1) is 0 Å². The lowest BCUT2D eigenvalue weighted by atomic mass is 10.2. The Labute approximate surface area is 167 Å². The summed E-state index contributed by atoms with van der Waals surface area (Å²) in [5, 5.41) is 9.51. The van der Waals surface area contributed by atoms with Gasteiger partial charge in [0, 0.05) is 66.2 Å². The number of methoxy groups -OCH3 is 2. The fourth-order valence-electron chi connectivity index (χ4n) is 3.09. The largest absolute Gasteiger partial charge is 0.383 e. The summed E-state index contributed by atoms with van der Waals surface area (Å²) >= 11 is 0. The van der Waals surface area contributed by atoms with Crippen LogP contribution in [0.15, 0.2) is 42.1 Å². The topological polar surface area (TPSA) is 69.0 Å². The molecule has 1 aromatic carbocycles. The molecule has 2 rings (SSSR count). The van der Waals surface area contributed by atoms with Gasteiger partial charge in [-0.2, -0.15) is 5.26 Å². The number of hydrogen-bond acceptors (Lipinski definition) is 6. The third-order valence-corrected chi connectivity index (χ3v) is 4.74. The van der Waals surface area contributed by atoms with E-state index in [0.29, 0.717) is 39.4 Å². The third-order valence-electron chi connectivity index (χ3n) is 4.74. The van der Waals surface area contributed by atoms with Crippen LogP contribution < -0.4 is 0 Å². The van der Waals surface area contributed by atoms with Crippen molar-refractivity contribution in [3.63, 3.8) is 0 Å². The second-order valence-electron chi connectivity index (χ2n) is 6.73. The van der Waals surface area contributed by atoms with Crippen molar-refractivity contribution in [3.05, 3.63) is 47.7 Å². The van der Waals surface area contributed by atoms with Crippen molar-refractivity contribution >= 4 is 5.91 Å². The minimum absolute atomic E-state index is 0.156. The molecule has 1 amide bonds. The number of carbonyl (C=O) groups excluding carboxylic acids is 1. The van der Waals surface area contributed by atoms with Crippen LogP contribution in [-0.4, -0.2) is 87.3 Å². The first kappa shape index (κ1) is 21.9. The highest BCUT2D eigenvalue weighted by Gasteiger charge is 2.24. The molecule has 1 fully saturated rings. The van der Waals surface area contributed by atoms with Crippen molar-refractivity contribution in [2.45, 2.75) is 6.54 Å². The molecule has 28 heavy (non-hydrogen) atoms. The smallest absolute Gasteiger partial charge is 0.266 e. The summed E-state index contributed by atoms with van der Waals surface area (Å²) in [5.74, 6) is -0.207. The Hall–Kier alpha value is -2.40. The Kier molecular flexibility index (Phi) is 9.49. The zero-order chi connectivity index (χ0) is 20.2. The predicted octanol–water partition coefficient (Wildman–Crippen LogP) is 1.33. The zero-order valence-corrected chi connectivity index (χ0v) is 16.8. The van der Waals surface area contributed by atoms with Crippen LogP contribution in [0.25, 0.3) is 0 Å². The molecule has 7 heteroatoms. The van der Waals surface area contributed by atoms with Gasteiger partial charge in [0.05, 0.1) is 13.2 Å². The van der Waals surface area contributed by atoms with E-state index in [-0.39, 0.29) is 11.5 Å². The van der Waals surface area contributed by atoms with Gasteiger partial charge in [0.15, 0.2) is 0 Å². The highest BCUT2D eigenvalue weighted by Crippen LogP contribution is 2.11. The van der Waals surface area contributed by atoms with Crippen LogP contribution in [0, 0.1) is 11.3 Å². The summed E-state index contributed by atoms with van der Waals surface area (Å²) in [7, 11) is 3.26. The first-order valence-corrected chi connectivity index (χ1v) is 9.57. The second kappa shape index (κ2) is 12.1. The number of carbonyl (C=O) groups is 1. The van der Waals surface area contributed by atoms with Gasteiger partial charge >= 0.3 is 0 Å². The summed E-state index contributed by atoms with van der Waals surface area (Å²) in [6.45, 7) is 5.98. The van der Waals surface area contributed by atoms with Crippen LogP contribution in [-0.2, 0) is 20.8 Å². The van der Waals surface area contributed by atoms with Crippen LogP contribution in [0.1, 0.15) is 5.56 Å². The van der Waals surface area contributed by atoms with E-state index < -0.39 is 0 Å². The van der Waals surface area contributed by atoms with Gasteiger partial charge in [0.25, 0.3) is 5.91 Å². The Morgan fingerprint density at radius 2 is 1.71 bits per heavy atom. The molecule has 0 atom stereocenters. The van der Waals surface area contributed by atoms with E-state index in [4.69, 9.17) is 9.47 Å². The highest BCUT2D eigenvalue weighted by atomic mass is 16.5. The average Bonchev–Trinajstić information content (AvgIpc) is 2.74. The fourth-order valence-corrected chi connectivity index (χ4v) is 3.09. The van der Waals surface area contributed by atoms with Crippen LogP contribution in [0.3, 0.4) is 0 Å². The molecule has 1 aliphatic rings. The normalized spacial score (nSPS) is 15.3. The number of nitriles is 1. The van der Waals surface area contributed by atoms with E-state index in [0.717, 1.165) is 19.6 Å². The lowest BCUT2D eigenvalue weighted by Crippen LogP contribution is -2.48. The number of benzene rings is 1. The van der Waals surface area contributed by atoms with Crippen molar-refractivity contribution in [1.29, 1.82) is 5.26 Å². The Morgan fingerprint density at radius 3 is 2.25 bits per heavy atom. The maximum atomic E-state index is 12.8. The number of rotatable bonds is 10. The monoisotopic (exact) mass is 386 g/mol. The molecule has 152 valence electrons. The van der Waals surface area contributed by atoms with Gasteiger partial charge in [-0.25, -0.2) is 0 Å². The van der Waals surface area contributed by atoms with Crippen molar-refractivity contribution in [2.75, 3.05) is 66.7 Å². The van der Waals surface area contributed by atoms with Crippen LogP contribution in [0.2, 0.25) is 0 Å². The van der Waals surface area contributed by atoms with Crippen molar-refractivity contribution in [3.8, 4) is 6.07 Å². The summed E-state index contributed by atoms with van der Waals surface area (Å²) < 4.78 is 10.2. The Bertz CT molecular complexity index is 656. The summed E-state index contributed by atoms with van der Waals surface area (Å²) in [6.07, 6.45) is 1.64. The maximum Gasteiger partial charge on any atom is 0.266 e. The maximum absolute atomic E-state index is 12.8. The number of hydrogen-bond donors (Lipinski definition) is 0. The van der Waals surface area contributed by atoms with Crippen molar-refractivity contribution in [2.24, 2.45) is 0 Å². The molecule has 1 aromatic rings. The molecule has 1 saturated heterocycles. The second-order valence-corrected chi connectivity index (χ2v) is 6.73. The van der Waals surface area contributed by atoms with Gasteiger partial charge in [-0.3, -0.25) is 9.69 Å². The van der Waals surface area contributed by atoms with Gasteiger partial charge in [0.2, 0.25) is 0 Å². The molecule has 0 bridgehead atoms. The van der Waals surface area contributed by atoms with E-state index in [1.807, 2.05) is 23.1 Å². The van der Waals surface area contributed by atoms with Crippen molar-refractivity contribution < 1.29 is 14.3 Å². The predicted molar refractivity (Wildman–Crippen MR) is 107 cm³/mol. The van der Waals surface area contributed by atoms with E-state index >= 15 is 0 Å². The molecule has 1 heterocycles. The molecule has 0 N–H and O–H groups in total. The van der Waals surface area contributed by atoms with E-state index in [2.05, 4.69) is 23.1 Å². The van der Waals surface area contributed by atoms with Crippen LogP contribution in [0.4, 0.5) is 0 Å². The number of piperazine rings is 1. The highest BCUT2D eigenvalue weighted by molar-refractivity contribution is 5.97. The molecule has 7 nitrogen and oxygen atoms in total. The fraction of sp³-hybridized carbons (Fsp3) is 0.524. The van der Waals surface area contributed by atoms with Gasteiger partial charge in [0.1, 0.15) is 11.6 Å². The third kappa shape index (κ3) is 6.97. The molecule has 0 spiro atoms. The van der Waals surface area contributed by atoms with Gasteiger partial charge in [-0.1, -0.05) is 30.3 Å². The molecule has 0 radical (unpaired) electrons. The van der Waals surface area contributed by atoms with Crippen LogP contribution in [0.5, 0.6) is 0 Å². The standard InChI is InChI=1S/C21H30N4O3/c1-27-14-12-24(13-15-28-2)18-20(16-22)21(26)25-10-8-23(9-11-25)17-19-6-4-3-5-7-19/h3-7,18H,8-15,17H2,1-2H3/b20-18-. The first-order valence-electron chi connectivity index (χ1n) is 9.57. The lowest BCUT2D eigenvalue weighted by molar-refractivity contribution is -0.128. The number of amides is 1. The molecule has 0 unspecified atom stereocenters. The van der Waals surface area contributed by atoms with Gasteiger partial charge < -0.3 is 19.3 Å². The number of nitrogens with zero attached hydrogens (tertiary/aromatic N) is 4. The zero-order valence-electron chi connectivity index (χ0n) is 16.8. The lowest BCUT2D eigenvalue weighted by Gasteiger charge is -2.34. The molecule has 1 aliphatic heterocycles. The van der Waals surface area contributed by atoms with Crippen LogP contribution >= 0.6 is 0 Å². The van der Waals surface area contributed by atoms with Gasteiger partial charge in [-0.05, 0) is 5.56 Å². The molecule has 0 aliphatic carbocycles. The van der Waals surface area contributed by atoms with E-state index in [9.17, 15) is 10.1 Å². The summed E-state index contributed by atoms with van der Waals surface area (Å²) in [6, 6.07) is 12.4. The number of ether oxygens (including phenoxy) is 2. The Morgan fingerprint density at radius 1 is 1.11 bits per heavy atom. The Balaban J connectivity index is 1.92. The molecular weight excluding hydrogens is 356 g/mol. The first-order chi connectivity index (χ1) is 13.7. The quantitative estimate of drug-likeness (QED) is 0.446. The average molecular weight is 386 g/mol. The van der Waals surface area contributed by atoms with E-state index in [1.165, 1.54) is 5.56 Å². The van der Waals surface area contributed by atoms with E-state index in [1.54, 1.807) is 25.3 Å². The minimum atomic E-state index is -0.207. The molecule has 0 aromatic heterocycles. The SMILES string of the molecule is COCCN(/C=C(/C#N)C(=O)N1CCN(Cc2ccccc2)CC1)CCOC. The summed E-state index contributed by atoms with van der Waals surface area (Å²) in [5.41, 5.74) is 1.43. The minimum Gasteiger partial charge on any atom is -0.383 e. The molecular formula is C21H30N4O3. The van der Waals surface area contributed by atoms with Crippen molar-refractivity contribution in [1.82, 2.24) is 14.7 Å². The molecule has 0 saturated carbocycles. The summed E-state index contributed by atoms with van der Waals surface area (Å²) in [4.78, 5) is 18.8.